The van der Waals surface area contributed by atoms with Crippen LogP contribution in [0.4, 0.5) is 0 Å². The number of nitrogens with zero attached hydrogens (tertiary/aromatic N) is 1. The summed E-state index contributed by atoms with van der Waals surface area (Å²) >= 11 is 0. The molecule has 0 aliphatic heterocycles. The molecule has 0 fully saturated rings. The van der Waals surface area contributed by atoms with Crippen molar-refractivity contribution in [3.63, 3.8) is 0 Å². The maximum Gasteiger partial charge on any atom is 0.0187 e. The molecule has 1 unspecified atom stereocenters. The lowest BCUT2D eigenvalue weighted by Gasteiger charge is -2.23. The van der Waals surface area contributed by atoms with Gasteiger partial charge in [0.15, 0.2) is 0 Å². The van der Waals surface area contributed by atoms with E-state index in [2.05, 4.69) is 50.1 Å². The number of benzene rings is 1. The Labute approximate surface area is 93.1 Å². The van der Waals surface area contributed by atoms with Crippen LogP contribution < -0.4 is 5.73 Å². The lowest BCUT2D eigenvalue weighted by atomic mass is 10.1. The van der Waals surface area contributed by atoms with E-state index in [1.807, 2.05) is 0 Å². The zero-order valence-corrected chi connectivity index (χ0v) is 10.0. The minimum Gasteiger partial charge on any atom is -0.329 e. The molecule has 0 aromatic heterocycles. The van der Waals surface area contributed by atoms with E-state index in [1.54, 1.807) is 0 Å². The molecule has 2 nitrogen and oxygen atoms in total. The average molecular weight is 206 g/mol. The number of rotatable bonds is 5. The molecule has 15 heavy (non-hydrogen) atoms. The SMILES string of the molecule is Cc1ccccc1CCN(C)C(C)CN. The Morgan fingerprint density at radius 3 is 2.60 bits per heavy atom. The summed E-state index contributed by atoms with van der Waals surface area (Å²) in [6, 6.07) is 9.03. The van der Waals surface area contributed by atoms with Gasteiger partial charge in [-0.1, -0.05) is 24.3 Å². The molecule has 84 valence electrons. The molecule has 0 amide bonds. The van der Waals surface area contributed by atoms with Crippen molar-refractivity contribution >= 4 is 0 Å². The van der Waals surface area contributed by atoms with Crippen molar-refractivity contribution in [2.24, 2.45) is 5.73 Å². The second-order valence-corrected chi connectivity index (χ2v) is 4.24. The standard InChI is InChI=1S/C13H22N2/c1-11-6-4-5-7-13(11)8-9-15(3)12(2)10-14/h4-7,12H,8-10,14H2,1-3H3. The molecular weight excluding hydrogens is 184 g/mol. The number of hydrogen-bond donors (Lipinski definition) is 1. The van der Waals surface area contributed by atoms with Gasteiger partial charge in [-0.15, -0.1) is 0 Å². The summed E-state index contributed by atoms with van der Waals surface area (Å²) in [6.45, 7) is 6.13. The first-order valence-corrected chi connectivity index (χ1v) is 5.60. The van der Waals surface area contributed by atoms with Gasteiger partial charge in [-0.05, 0) is 38.4 Å². The molecule has 0 saturated carbocycles. The fourth-order valence-electron chi connectivity index (χ4n) is 1.59. The van der Waals surface area contributed by atoms with E-state index >= 15 is 0 Å². The maximum absolute atomic E-state index is 5.63. The Kier molecular flexibility index (Phi) is 4.79. The highest BCUT2D eigenvalue weighted by Crippen LogP contribution is 2.08. The van der Waals surface area contributed by atoms with Crippen LogP contribution in [0.5, 0.6) is 0 Å². The summed E-state index contributed by atoms with van der Waals surface area (Å²) in [7, 11) is 2.13. The van der Waals surface area contributed by atoms with Crippen LogP contribution in [-0.2, 0) is 6.42 Å². The van der Waals surface area contributed by atoms with Gasteiger partial charge < -0.3 is 10.6 Å². The highest BCUT2D eigenvalue weighted by Gasteiger charge is 2.06. The van der Waals surface area contributed by atoms with E-state index in [-0.39, 0.29) is 0 Å². The van der Waals surface area contributed by atoms with Crippen molar-refractivity contribution in [2.75, 3.05) is 20.1 Å². The highest BCUT2D eigenvalue weighted by atomic mass is 15.1. The molecular formula is C13H22N2. The van der Waals surface area contributed by atoms with E-state index in [9.17, 15) is 0 Å². The Bertz CT molecular complexity index is 296. The second-order valence-electron chi connectivity index (χ2n) is 4.24. The Morgan fingerprint density at radius 1 is 1.33 bits per heavy atom. The van der Waals surface area contributed by atoms with Crippen LogP contribution >= 0.6 is 0 Å². The van der Waals surface area contributed by atoms with Gasteiger partial charge in [-0.25, -0.2) is 0 Å². The van der Waals surface area contributed by atoms with Gasteiger partial charge in [-0.2, -0.15) is 0 Å². The van der Waals surface area contributed by atoms with Gasteiger partial charge in [0, 0.05) is 19.1 Å². The second kappa shape index (κ2) is 5.89. The quantitative estimate of drug-likeness (QED) is 0.796. The molecule has 0 saturated heterocycles. The van der Waals surface area contributed by atoms with Crippen molar-refractivity contribution in [3.05, 3.63) is 35.4 Å². The summed E-state index contributed by atoms with van der Waals surface area (Å²) in [4.78, 5) is 2.31. The third kappa shape index (κ3) is 3.65. The Balaban J connectivity index is 2.47. The van der Waals surface area contributed by atoms with Crippen LogP contribution in [0.1, 0.15) is 18.1 Å². The van der Waals surface area contributed by atoms with E-state index in [1.165, 1.54) is 11.1 Å². The number of hydrogen-bond acceptors (Lipinski definition) is 2. The molecule has 1 aromatic rings. The van der Waals surface area contributed by atoms with Crippen LogP contribution in [0.2, 0.25) is 0 Å². The smallest absolute Gasteiger partial charge is 0.0187 e. The largest absolute Gasteiger partial charge is 0.329 e. The first kappa shape index (κ1) is 12.2. The molecule has 2 heteroatoms. The lowest BCUT2D eigenvalue weighted by molar-refractivity contribution is 0.266. The Hall–Kier alpha value is -0.860. The number of likely N-dealkylation sites (N-methyl/N-ethyl adjacent to an activating group) is 1. The normalized spacial score (nSPS) is 13.1. The minimum atomic E-state index is 0.467. The third-order valence-corrected chi connectivity index (χ3v) is 3.09. The third-order valence-electron chi connectivity index (χ3n) is 3.09. The zero-order chi connectivity index (χ0) is 11.3. The zero-order valence-electron chi connectivity index (χ0n) is 10.0. The number of aryl methyl sites for hydroxylation is 1. The monoisotopic (exact) mass is 206 g/mol. The van der Waals surface area contributed by atoms with E-state index < -0.39 is 0 Å². The van der Waals surface area contributed by atoms with Crippen LogP contribution in [0.25, 0.3) is 0 Å². The van der Waals surface area contributed by atoms with Gasteiger partial charge in [0.1, 0.15) is 0 Å². The first-order chi connectivity index (χ1) is 7.15. The van der Waals surface area contributed by atoms with E-state index in [0.717, 1.165) is 19.5 Å². The summed E-state index contributed by atoms with van der Waals surface area (Å²) in [6.07, 6.45) is 1.10. The molecule has 0 spiro atoms. The van der Waals surface area contributed by atoms with Crippen molar-refractivity contribution in [1.29, 1.82) is 0 Å². The predicted octanol–water partition coefficient (Wildman–Crippen LogP) is 1.82. The van der Waals surface area contributed by atoms with Gasteiger partial charge >= 0.3 is 0 Å². The van der Waals surface area contributed by atoms with E-state index in [4.69, 9.17) is 5.73 Å². The van der Waals surface area contributed by atoms with Crippen LogP contribution in [0.15, 0.2) is 24.3 Å². The predicted molar refractivity (Wildman–Crippen MR) is 66.0 cm³/mol. The molecule has 0 heterocycles. The molecule has 1 rings (SSSR count). The highest BCUT2D eigenvalue weighted by molar-refractivity contribution is 5.25. The topological polar surface area (TPSA) is 29.3 Å². The van der Waals surface area contributed by atoms with Gasteiger partial charge in [0.2, 0.25) is 0 Å². The van der Waals surface area contributed by atoms with Crippen molar-refractivity contribution in [3.8, 4) is 0 Å². The Morgan fingerprint density at radius 2 is 2.00 bits per heavy atom. The van der Waals surface area contributed by atoms with Crippen LogP contribution in [0, 0.1) is 6.92 Å². The summed E-state index contributed by atoms with van der Waals surface area (Å²) in [5, 5.41) is 0. The molecule has 2 N–H and O–H groups in total. The molecule has 0 aliphatic carbocycles. The summed E-state index contributed by atoms with van der Waals surface area (Å²) < 4.78 is 0. The molecule has 1 aromatic carbocycles. The van der Waals surface area contributed by atoms with Crippen molar-refractivity contribution in [2.45, 2.75) is 26.3 Å². The van der Waals surface area contributed by atoms with Crippen LogP contribution in [0.3, 0.4) is 0 Å². The lowest BCUT2D eigenvalue weighted by Crippen LogP contribution is -2.36. The fourth-order valence-corrected chi connectivity index (χ4v) is 1.59. The average Bonchev–Trinajstić information content (AvgIpc) is 2.26. The van der Waals surface area contributed by atoms with E-state index in [0.29, 0.717) is 6.04 Å². The van der Waals surface area contributed by atoms with Gasteiger partial charge in [0.05, 0.1) is 0 Å². The molecule has 0 bridgehead atoms. The molecule has 0 aliphatic rings. The molecule has 0 radical (unpaired) electrons. The van der Waals surface area contributed by atoms with Gasteiger partial charge in [0.25, 0.3) is 0 Å². The van der Waals surface area contributed by atoms with Crippen molar-refractivity contribution in [1.82, 2.24) is 4.90 Å². The fraction of sp³-hybridized carbons (Fsp3) is 0.538. The summed E-state index contributed by atoms with van der Waals surface area (Å²) in [5.41, 5.74) is 8.45. The number of nitrogens with two attached hydrogens (primary N) is 1. The van der Waals surface area contributed by atoms with Gasteiger partial charge in [-0.3, -0.25) is 0 Å². The minimum absolute atomic E-state index is 0.467. The molecule has 1 atom stereocenters. The maximum atomic E-state index is 5.63. The van der Waals surface area contributed by atoms with Crippen molar-refractivity contribution < 1.29 is 0 Å². The first-order valence-electron chi connectivity index (χ1n) is 5.60. The summed E-state index contributed by atoms with van der Waals surface area (Å²) in [5.74, 6) is 0. The van der Waals surface area contributed by atoms with Crippen LogP contribution in [-0.4, -0.2) is 31.1 Å².